The number of anilines is 1. The quantitative estimate of drug-likeness (QED) is 0.796. The zero-order valence-electron chi connectivity index (χ0n) is 11.3. The van der Waals surface area contributed by atoms with Gasteiger partial charge in [-0.15, -0.1) is 10.2 Å². The predicted molar refractivity (Wildman–Crippen MR) is 78.9 cm³/mol. The minimum atomic E-state index is -0.0964. The number of aromatic nitrogens is 2. The van der Waals surface area contributed by atoms with Gasteiger partial charge in [-0.05, 0) is 12.5 Å². The van der Waals surface area contributed by atoms with E-state index in [9.17, 15) is 4.79 Å². The summed E-state index contributed by atoms with van der Waals surface area (Å²) in [6.45, 7) is 2.95. The van der Waals surface area contributed by atoms with Crippen molar-refractivity contribution < 1.29 is 9.53 Å². The van der Waals surface area contributed by atoms with E-state index in [0.29, 0.717) is 24.8 Å². The molecule has 0 radical (unpaired) electrons. The van der Waals surface area contributed by atoms with Crippen molar-refractivity contribution in [3.63, 3.8) is 0 Å². The third-order valence-corrected chi connectivity index (χ3v) is 3.43. The molecular formula is C14H17N3O2S. The van der Waals surface area contributed by atoms with Crippen LogP contribution in [-0.4, -0.2) is 29.3 Å². The number of nitrogens with one attached hydrogen (secondary N) is 1. The minimum absolute atomic E-state index is 0.0964. The molecule has 20 heavy (non-hydrogen) atoms. The second kappa shape index (κ2) is 7.72. The van der Waals surface area contributed by atoms with Gasteiger partial charge in [-0.1, -0.05) is 41.7 Å². The lowest BCUT2D eigenvalue weighted by molar-refractivity contribution is -0.117. The smallest absolute Gasteiger partial charge is 0.228 e. The van der Waals surface area contributed by atoms with E-state index in [1.54, 1.807) is 0 Å². The van der Waals surface area contributed by atoms with Gasteiger partial charge >= 0.3 is 0 Å². The molecule has 1 amide bonds. The lowest BCUT2D eigenvalue weighted by Gasteiger charge is -2.00. The molecule has 0 spiro atoms. The fourth-order valence-corrected chi connectivity index (χ4v) is 2.43. The molecule has 1 aromatic heterocycles. The largest absolute Gasteiger partial charge is 0.381 e. The first-order chi connectivity index (χ1) is 9.78. The van der Waals surface area contributed by atoms with Crippen molar-refractivity contribution in [2.75, 3.05) is 18.5 Å². The number of carbonyl (C=O) groups excluding carboxylic acids is 1. The summed E-state index contributed by atoms with van der Waals surface area (Å²) in [7, 11) is 0. The summed E-state index contributed by atoms with van der Waals surface area (Å²) in [6.07, 6.45) is 1.06. The van der Waals surface area contributed by atoms with Gasteiger partial charge in [0, 0.05) is 13.0 Å². The Kier molecular flexibility index (Phi) is 5.64. The highest BCUT2D eigenvalue weighted by molar-refractivity contribution is 7.15. The van der Waals surface area contributed by atoms with E-state index in [4.69, 9.17) is 4.74 Å². The Balaban J connectivity index is 1.84. The number of amides is 1. The first-order valence-electron chi connectivity index (χ1n) is 6.52. The molecule has 0 unspecified atom stereocenters. The summed E-state index contributed by atoms with van der Waals surface area (Å²) in [5.41, 5.74) is 1.18. The van der Waals surface area contributed by atoms with Gasteiger partial charge in [0.2, 0.25) is 11.0 Å². The minimum Gasteiger partial charge on any atom is -0.381 e. The number of nitrogens with zero attached hydrogens (tertiary/aromatic N) is 2. The standard InChI is InChI=1S/C14H17N3O2S/c1-2-19-9-8-12(18)15-14-17-16-13(20-14)10-11-6-4-3-5-7-11/h3-7H,2,8-10H2,1H3,(H,15,17,18). The third kappa shape index (κ3) is 4.71. The molecule has 1 aromatic carbocycles. The second-order valence-electron chi connectivity index (χ2n) is 4.16. The molecule has 0 atom stereocenters. The van der Waals surface area contributed by atoms with E-state index in [1.807, 2.05) is 37.3 Å². The molecule has 1 heterocycles. The lowest BCUT2D eigenvalue weighted by atomic mass is 10.2. The molecule has 0 aliphatic rings. The molecule has 1 N–H and O–H groups in total. The van der Waals surface area contributed by atoms with Crippen molar-refractivity contribution >= 4 is 22.4 Å². The van der Waals surface area contributed by atoms with Crippen molar-refractivity contribution in [2.45, 2.75) is 19.8 Å². The summed E-state index contributed by atoms with van der Waals surface area (Å²) < 4.78 is 5.13. The fraction of sp³-hybridized carbons (Fsp3) is 0.357. The zero-order valence-corrected chi connectivity index (χ0v) is 12.2. The number of benzene rings is 1. The molecule has 0 saturated carbocycles. The molecule has 0 aliphatic heterocycles. The molecule has 6 heteroatoms. The normalized spacial score (nSPS) is 10.4. The number of ether oxygens (including phenoxy) is 1. The molecule has 0 bridgehead atoms. The van der Waals surface area contributed by atoms with E-state index >= 15 is 0 Å². The maximum Gasteiger partial charge on any atom is 0.228 e. The molecule has 2 rings (SSSR count). The van der Waals surface area contributed by atoms with Gasteiger partial charge in [-0.3, -0.25) is 4.79 Å². The summed E-state index contributed by atoms with van der Waals surface area (Å²) in [4.78, 5) is 11.6. The third-order valence-electron chi connectivity index (χ3n) is 2.59. The van der Waals surface area contributed by atoms with Crippen molar-refractivity contribution in [1.82, 2.24) is 10.2 Å². The van der Waals surface area contributed by atoms with E-state index in [2.05, 4.69) is 15.5 Å². The first kappa shape index (κ1) is 14.6. The van der Waals surface area contributed by atoms with Crippen LogP contribution in [0.2, 0.25) is 0 Å². The predicted octanol–water partition coefficient (Wildman–Crippen LogP) is 2.49. The topological polar surface area (TPSA) is 64.1 Å². The van der Waals surface area contributed by atoms with Gasteiger partial charge in [0.25, 0.3) is 0 Å². The molecule has 0 fully saturated rings. The summed E-state index contributed by atoms with van der Waals surface area (Å²) in [5.74, 6) is -0.0964. The molecular weight excluding hydrogens is 274 g/mol. The SMILES string of the molecule is CCOCCC(=O)Nc1nnc(Cc2ccccc2)s1. The highest BCUT2D eigenvalue weighted by Crippen LogP contribution is 2.18. The van der Waals surface area contributed by atoms with E-state index < -0.39 is 0 Å². The Morgan fingerprint density at radius 3 is 2.85 bits per heavy atom. The molecule has 0 aliphatic carbocycles. The van der Waals surface area contributed by atoms with Crippen LogP contribution in [0.5, 0.6) is 0 Å². The number of hydrogen-bond donors (Lipinski definition) is 1. The van der Waals surface area contributed by atoms with Crippen LogP contribution >= 0.6 is 11.3 Å². The first-order valence-corrected chi connectivity index (χ1v) is 7.33. The summed E-state index contributed by atoms with van der Waals surface area (Å²) in [6, 6.07) is 10.1. The fourth-order valence-electron chi connectivity index (χ4n) is 1.64. The average Bonchev–Trinajstić information content (AvgIpc) is 2.87. The van der Waals surface area contributed by atoms with E-state index in [-0.39, 0.29) is 5.91 Å². The molecule has 106 valence electrons. The van der Waals surface area contributed by atoms with E-state index in [1.165, 1.54) is 16.9 Å². The Labute approximate surface area is 122 Å². The van der Waals surface area contributed by atoms with E-state index in [0.717, 1.165) is 11.4 Å². The maximum atomic E-state index is 11.6. The van der Waals surface area contributed by atoms with Crippen molar-refractivity contribution in [3.8, 4) is 0 Å². The molecule has 5 nitrogen and oxygen atoms in total. The van der Waals surface area contributed by atoms with Crippen molar-refractivity contribution in [2.24, 2.45) is 0 Å². The number of hydrogen-bond acceptors (Lipinski definition) is 5. The summed E-state index contributed by atoms with van der Waals surface area (Å²) >= 11 is 1.40. The van der Waals surface area contributed by atoms with Crippen molar-refractivity contribution in [3.05, 3.63) is 40.9 Å². The lowest BCUT2D eigenvalue weighted by Crippen LogP contribution is -2.13. The summed E-state index contributed by atoms with van der Waals surface area (Å²) in [5, 5.41) is 12.2. The van der Waals surface area contributed by atoms with Crippen LogP contribution in [0, 0.1) is 0 Å². The molecule has 2 aromatic rings. The number of rotatable bonds is 7. The van der Waals surface area contributed by atoms with Gasteiger partial charge in [-0.25, -0.2) is 0 Å². The second-order valence-corrected chi connectivity index (χ2v) is 5.22. The van der Waals surface area contributed by atoms with Crippen molar-refractivity contribution in [1.29, 1.82) is 0 Å². The average molecular weight is 291 g/mol. The van der Waals surface area contributed by atoms with Gasteiger partial charge in [0.15, 0.2) is 0 Å². The van der Waals surface area contributed by atoms with Crippen LogP contribution in [-0.2, 0) is 16.0 Å². The van der Waals surface area contributed by atoms with Gasteiger partial charge in [0.1, 0.15) is 5.01 Å². The van der Waals surface area contributed by atoms with Gasteiger partial charge in [-0.2, -0.15) is 0 Å². The monoisotopic (exact) mass is 291 g/mol. The Hall–Kier alpha value is -1.79. The highest BCUT2D eigenvalue weighted by Gasteiger charge is 2.08. The van der Waals surface area contributed by atoms with Crippen LogP contribution in [0.25, 0.3) is 0 Å². The highest BCUT2D eigenvalue weighted by atomic mass is 32.1. The Morgan fingerprint density at radius 1 is 1.30 bits per heavy atom. The van der Waals surface area contributed by atoms with Crippen LogP contribution in [0.3, 0.4) is 0 Å². The van der Waals surface area contributed by atoms with Crippen LogP contribution in [0.1, 0.15) is 23.9 Å². The Bertz CT molecular complexity index is 542. The van der Waals surface area contributed by atoms with Gasteiger partial charge < -0.3 is 10.1 Å². The van der Waals surface area contributed by atoms with Crippen LogP contribution in [0.4, 0.5) is 5.13 Å². The zero-order chi connectivity index (χ0) is 14.2. The van der Waals surface area contributed by atoms with Crippen LogP contribution in [0.15, 0.2) is 30.3 Å². The van der Waals surface area contributed by atoms with Gasteiger partial charge in [0.05, 0.1) is 13.0 Å². The number of carbonyl (C=O) groups is 1. The molecule has 0 saturated heterocycles. The maximum absolute atomic E-state index is 11.6. The Morgan fingerprint density at radius 2 is 2.10 bits per heavy atom. The van der Waals surface area contributed by atoms with Crippen LogP contribution < -0.4 is 5.32 Å².